The molecule has 0 radical (unpaired) electrons. The number of rotatable bonds is 6. The van der Waals surface area contributed by atoms with Crippen LogP contribution in [0.5, 0.6) is 11.5 Å². The Bertz CT molecular complexity index is 783. The Balaban J connectivity index is 1.96. The first-order valence-corrected chi connectivity index (χ1v) is 11.7. The van der Waals surface area contributed by atoms with Gasteiger partial charge in [-0.1, -0.05) is 65.8 Å². The van der Waals surface area contributed by atoms with Crippen LogP contribution in [0.3, 0.4) is 0 Å². The molecular weight excluding hydrogens is 376 g/mol. The van der Waals surface area contributed by atoms with Gasteiger partial charge in [0.15, 0.2) is 0 Å². The van der Waals surface area contributed by atoms with E-state index in [1.54, 1.807) is 0 Å². The maximum Gasteiger partial charge on any atom is 0.122 e. The van der Waals surface area contributed by atoms with E-state index < -0.39 is 0 Å². The second-order valence-corrected chi connectivity index (χ2v) is 11.5. The van der Waals surface area contributed by atoms with Crippen molar-refractivity contribution in [2.75, 3.05) is 11.5 Å². The average Bonchev–Trinajstić information content (AvgIpc) is 2.58. The Morgan fingerprint density at radius 1 is 0.655 bits per heavy atom. The van der Waals surface area contributed by atoms with Gasteiger partial charge in [0, 0.05) is 0 Å². The zero-order chi connectivity index (χ0) is 22.0. The molecule has 0 spiro atoms. The minimum atomic E-state index is -0.0561. The van der Waals surface area contributed by atoms with E-state index in [-0.39, 0.29) is 10.8 Å². The highest BCUT2D eigenvalue weighted by atomic mass is 32.2. The smallest absolute Gasteiger partial charge is 0.122 e. The lowest BCUT2D eigenvalue weighted by Crippen LogP contribution is -2.13. The molecule has 0 aliphatic carbocycles. The summed E-state index contributed by atoms with van der Waals surface area (Å²) < 4.78 is 0. The summed E-state index contributed by atoms with van der Waals surface area (Å²) in [6.45, 7) is 16.8. The van der Waals surface area contributed by atoms with Crippen LogP contribution in [0.25, 0.3) is 0 Å². The SMILES string of the molecule is Cc1cc(CCSCCc2cc(C)c(O)c(C(C)(C)C)c2)cc(C(C)(C)C)c1O. The molecule has 0 saturated heterocycles. The minimum Gasteiger partial charge on any atom is -0.507 e. The van der Waals surface area contributed by atoms with Crippen LogP contribution in [0, 0.1) is 13.8 Å². The number of hydrogen-bond acceptors (Lipinski definition) is 3. The number of hydrogen-bond donors (Lipinski definition) is 2. The second-order valence-electron chi connectivity index (χ2n) is 10.2. The number of phenolic OH excluding ortho intramolecular Hbond substituents is 2. The van der Waals surface area contributed by atoms with E-state index in [9.17, 15) is 10.2 Å². The molecule has 0 amide bonds. The molecule has 160 valence electrons. The molecule has 0 bridgehead atoms. The van der Waals surface area contributed by atoms with Crippen molar-refractivity contribution in [2.24, 2.45) is 0 Å². The van der Waals surface area contributed by atoms with Gasteiger partial charge in [-0.25, -0.2) is 0 Å². The van der Waals surface area contributed by atoms with E-state index in [2.05, 4.69) is 65.8 Å². The lowest BCUT2D eigenvalue weighted by Gasteiger charge is -2.23. The van der Waals surface area contributed by atoms with Crippen molar-refractivity contribution in [3.05, 3.63) is 57.6 Å². The van der Waals surface area contributed by atoms with Crippen molar-refractivity contribution in [1.29, 1.82) is 0 Å². The first kappa shape index (κ1) is 23.7. The van der Waals surface area contributed by atoms with Gasteiger partial charge < -0.3 is 10.2 Å². The molecule has 0 aromatic heterocycles. The fourth-order valence-corrected chi connectivity index (χ4v) is 4.59. The molecule has 0 saturated carbocycles. The molecule has 2 N–H and O–H groups in total. The third kappa shape index (κ3) is 6.18. The maximum atomic E-state index is 10.4. The van der Waals surface area contributed by atoms with Crippen LogP contribution < -0.4 is 0 Å². The molecule has 2 nitrogen and oxygen atoms in total. The molecule has 29 heavy (non-hydrogen) atoms. The van der Waals surface area contributed by atoms with Crippen molar-refractivity contribution in [3.63, 3.8) is 0 Å². The number of thioether (sulfide) groups is 1. The summed E-state index contributed by atoms with van der Waals surface area (Å²) in [5.74, 6) is 3.01. The fourth-order valence-electron chi connectivity index (χ4n) is 3.62. The standard InChI is InChI=1S/C26H38O2S/c1-17-13-19(15-21(23(17)27)25(3,4)5)9-11-29-12-10-20-14-18(2)24(28)22(16-20)26(6,7)8/h13-16,27-28H,9-12H2,1-8H3. The first-order chi connectivity index (χ1) is 13.3. The van der Waals surface area contributed by atoms with Crippen molar-refractivity contribution in [2.45, 2.75) is 79.1 Å². The molecule has 2 aromatic carbocycles. The zero-order valence-corrected chi connectivity index (χ0v) is 20.3. The summed E-state index contributed by atoms with van der Waals surface area (Å²) in [4.78, 5) is 0. The number of phenols is 2. The highest BCUT2D eigenvalue weighted by Gasteiger charge is 2.21. The number of benzene rings is 2. The molecular formula is C26H38O2S. The van der Waals surface area contributed by atoms with E-state index in [0.29, 0.717) is 11.5 Å². The van der Waals surface area contributed by atoms with Crippen molar-refractivity contribution < 1.29 is 10.2 Å². The highest BCUT2D eigenvalue weighted by Crippen LogP contribution is 2.35. The summed E-state index contributed by atoms with van der Waals surface area (Å²) in [6, 6.07) is 8.57. The minimum absolute atomic E-state index is 0.0561. The molecule has 2 rings (SSSR count). The van der Waals surface area contributed by atoms with Crippen LogP contribution in [-0.2, 0) is 23.7 Å². The quantitative estimate of drug-likeness (QED) is 0.509. The lowest BCUT2D eigenvalue weighted by molar-refractivity contribution is 0.442. The van der Waals surface area contributed by atoms with E-state index in [1.807, 2.05) is 25.6 Å². The molecule has 0 aliphatic heterocycles. The van der Waals surface area contributed by atoms with Gasteiger partial charge in [0.1, 0.15) is 11.5 Å². The van der Waals surface area contributed by atoms with Gasteiger partial charge in [0.2, 0.25) is 0 Å². The summed E-state index contributed by atoms with van der Waals surface area (Å²) in [6.07, 6.45) is 2.02. The average molecular weight is 415 g/mol. The predicted molar refractivity (Wildman–Crippen MR) is 128 cm³/mol. The van der Waals surface area contributed by atoms with Crippen LogP contribution in [0.2, 0.25) is 0 Å². The van der Waals surface area contributed by atoms with Gasteiger partial charge in [-0.05, 0) is 82.4 Å². The van der Waals surface area contributed by atoms with Gasteiger partial charge in [-0.2, -0.15) is 11.8 Å². The van der Waals surface area contributed by atoms with Gasteiger partial charge >= 0.3 is 0 Å². The van der Waals surface area contributed by atoms with E-state index in [0.717, 1.165) is 46.6 Å². The first-order valence-electron chi connectivity index (χ1n) is 10.5. The summed E-state index contributed by atoms with van der Waals surface area (Å²) >= 11 is 1.96. The van der Waals surface area contributed by atoms with E-state index >= 15 is 0 Å². The molecule has 0 unspecified atom stereocenters. The topological polar surface area (TPSA) is 40.5 Å². The maximum absolute atomic E-state index is 10.4. The van der Waals surface area contributed by atoms with Crippen LogP contribution in [0.1, 0.15) is 74.9 Å². The zero-order valence-electron chi connectivity index (χ0n) is 19.4. The van der Waals surface area contributed by atoms with Crippen molar-refractivity contribution in [3.8, 4) is 11.5 Å². The molecule has 0 aliphatic rings. The Kier molecular flexibility index (Phi) is 7.37. The Labute approximate surface area is 181 Å². The normalized spacial score (nSPS) is 12.4. The van der Waals surface area contributed by atoms with Gasteiger partial charge in [0.25, 0.3) is 0 Å². The van der Waals surface area contributed by atoms with Crippen LogP contribution >= 0.6 is 11.8 Å². The fraction of sp³-hybridized carbons (Fsp3) is 0.538. The number of aromatic hydroxyl groups is 2. The summed E-state index contributed by atoms with van der Waals surface area (Å²) in [7, 11) is 0. The van der Waals surface area contributed by atoms with E-state index in [4.69, 9.17) is 0 Å². The lowest BCUT2D eigenvalue weighted by atomic mass is 9.84. The second kappa shape index (κ2) is 9.04. The summed E-state index contributed by atoms with van der Waals surface area (Å²) in [5, 5.41) is 20.8. The van der Waals surface area contributed by atoms with Gasteiger partial charge in [-0.15, -0.1) is 0 Å². The van der Waals surface area contributed by atoms with Gasteiger partial charge in [-0.3, -0.25) is 0 Å². The van der Waals surface area contributed by atoms with Crippen LogP contribution in [0.4, 0.5) is 0 Å². The Morgan fingerprint density at radius 3 is 1.31 bits per heavy atom. The molecule has 2 aromatic rings. The molecule has 3 heteroatoms. The Morgan fingerprint density at radius 2 is 1.00 bits per heavy atom. The third-order valence-corrected chi connectivity index (χ3v) is 6.39. The van der Waals surface area contributed by atoms with Crippen molar-refractivity contribution >= 4 is 11.8 Å². The monoisotopic (exact) mass is 414 g/mol. The largest absolute Gasteiger partial charge is 0.507 e. The van der Waals surface area contributed by atoms with Crippen LogP contribution in [0.15, 0.2) is 24.3 Å². The van der Waals surface area contributed by atoms with E-state index in [1.165, 1.54) is 11.1 Å². The predicted octanol–water partition coefficient (Wildman–Crippen LogP) is 6.83. The highest BCUT2D eigenvalue weighted by molar-refractivity contribution is 7.99. The molecule has 0 fully saturated rings. The molecule has 0 heterocycles. The third-order valence-electron chi connectivity index (χ3n) is 5.41. The molecule has 0 atom stereocenters. The van der Waals surface area contributed by atoms with Crippen molar-refractivity contribution in [1.82, 2.24) is 0 Å². The van der Waals surface area contributed by atoms with Gasteiger partial charge in [0.05, 0.1) is 0 Å². The Hall–Kier alpha value is -1.61. The van der Waals surface area contributed by atoms with Crippen LogP contribution in [-0.4, -0.2) is 21.7 Å². The number of aryl methyl sites for hydroxylation is 4. The summed E-state index contributed by atoms with van der Waals surface area (Å²) in [5.41, 5.74) is 6.48.